The van der Waals surface area contributed by atoms with Crippen molar-refractivity contribution in [3.8, 4) is 0 Å². The van der Waals surface area contributed by atoms with Crippen molar-refractivity contribution >= 4 is 26.0 Å². The number of rotatable bonds is 5. The van der Waals surface area contributed by atoms with Crippen LogP contribution in [0.4, 0.5) is 0 Å². The Hall–Kier alpha value is -1.09. The molecule has 2 N–H and O–H groups in total. The van der Waals surface area contributed by atoms with E-state index in [-0.39, 0.29) is 28.5 Å². The lowest BCUT2D eigenvalue weighted by atomic mass is 10.4. The Bertz CT molecular complexity index is 617. The van der Waals surface area contributed by atoms with Crippen LogP contribution < -0.4 is 4.72 Å². The average Bonchev–Trinajstić information content (AvgIpc) is 2.95. The van der Waals surface area contributed by atoms with Gasteiger partial charge in [-0.25, -0.2) is 13.1 Å². The molecule has 6 nitrogen and oxygen atoms in total. The number of aliphatic hydroxyl groups is 1. The predicted octanol–water partition coefficient (Wildman–Crippen LogP) is 1.61. The summed E-state index contributed by atoms with van der Waals surface area (Å²) in [6, 6.07) is 2.92. The molecule has 0 atom stereocenters. The fourth-order valence-electron chi connectivity index (χ4n) is 1.31. The first-order valence-electron chi connectivity index (χ1n) is 4.93. The third-order valence-electron chi connectivity index (χ3n) is 2.20. The molecule has 0 radical (unpaired) electrons. The van der Waals surface area contributed by atoms with Crippen molar-refractivity contribution in [2.45, 2.75) is 18.0 Å². The summed E-state index contributed by atoms with van der Waals surface area (Å²) < 4.78 is 36.2. The number of furan rings is 2. The molecule has 18 heavy (non-hydrogen) atoms. The molecule has 0 aliphatic heterocycles. The molecule has 0 bridgehead atoms. The van der Waals surface area contributed by atoms with Gasteiger partial charge < -0.3 is 13.9 Å². The third kappa shape index (κ3) is 2.83. The summed E-state index contributed by atoms with van der Waals surface area (Å²) in [7, 11) is -3.70. The molecule has 2 aromatic heterocycles. The van der Waals surface area contributed by atoms with E-state index in [0.29, 0.717) is 5.56 Å². The molecule has 0 saturated carbocycles. The summed E-state index contributed by atoms with van der Waals surface area (Å²) in [6.45, 7) is -0.249. The van der Waals surface area contributed by atoms with Gasteiger partial charge in [-0.15, -0.1) is 0 Å². The van der Waals surface area contributed by atoms with Crippen molar-refractivity contribution < 1.29 is 22.4 Å². The van der Waals surface area contributed by atoms with E-state index in [1.165, 1.54) is 18.6 Å². The summed E-state index contributed by atoms with van der Waals surface area (Å²) in [5, 5.41) is 8.88. The van der Waals surface area contributed by atoms with E-state index in [4.69, 9.17) is 13.9 Å². The molecule has 0 fully saturated rings. The van der Waals surface area contributed by atoms with Crippen LogP contribution in [0.2, 0.25) is 0 Å². The Morgan fingerprint density at radius 2 is 2.22 bits per heavy atom. The molecule has 0 spiro atoms. The van der Waals surface area contributed by atoms with Crippen molar-refractivity contribution in [2.75, 3.05) is 0 Å². The number of hydrogen-bond acceptors (Lipinski definition) is 5. The van der Waals surface area contributed by atoms with E-state index < -0.39 is 10.0 Å². The van der Waals surface area contributed by atoms with Crippen LogP contribution in [0.15, 0.2) is 43.1 Å². The van der Waals surface area contributed by atoms with Gasteiger partial charge in [0.05, 0.1) is 12.5 Å². The quantitative estimate of drug-likeness (QED) is 0.865. The number of halogens is 1. The average molecular weight is 336 g/mol. The predicted molar refractivity (Wildman–Crippen MR) is 65.1 cm³/mol. The van der Waals surface area contributed by atoms with E-state index in [9.17, 15) is 8.42 Å². The summed E-state index contributed by atoms with van der Waals surface area (Å²) in [5.41, 5.74) is 0.709. The van der Waals surface area contributed by atoms with Crippen LogP contribution in [0.1, 0.15) is 11.3 Å². The fraction of sp³-hybridized carbons (Fsp3) is 0.200. The van der Waals surface area contributed by atoms with Crippen LogP contribution in [0.25, 0.3) is 0 Å². The highest BCUT2D eigenvalue weighted by molar-refractivity contribution is 9.10. The van der Waals surface area contributed by atoms with Crippen LogP contribution in [-0.2, 0) is 23.2 Å². The first-order valence-corrected chi connectivity index (χ1v) is 7.20. The zero-order valence-electron chi connectivity index (χ0n) is 9.09. The van der Waals surface area contributed by atoms with Gasteiger partial charge in [0, 0.05) is 18.2 Å². The molecule has 0 saturated heterocycles. The Balaban J connectivity index is 2.17. The molecule has 0 aliphatic rings. The van der Waals surface area contributed by atoms with E-state index >= 15 is 0 Å². The van der Waals surface area contributed by atoms with Gasteiger partial charge in [0.25, 0.3) is 0 Å². The van der Waals surface area contributed by atoms with Crippen LogP contribution >= 0.6 is 15.9 Å². The zero-order valence-corrected chi connectivity index (χ0v) is 11.5. The molecule has 2 heterocycles. The van der Waals surface area contributed by atoms with Gasteiger partial charge in [-0.05, 0) is 22.0 Å². The maximum Gasteiger partial charge on any atom is 0.245 e. The first kappa shape index (κ1) is 13.3. The van der Waals surface area contributed by atoms with Gasteiger partial charge in [0.15, 0.2) is 4.67 Å². The van der Waals surface area contributed by atoms with Crippen molar-refractivity contribution in [3.63, 3.8) is 0 Å². The number of sulfonamides is 1. The van der Waals surface area contributed by atoms with Crippen LogP contribution in [0, 0.1) is 0 Å². The Kier molecular flexibility index (Phi) is 3.91. The minimum atomic E-state index is -3.70. The Labute approximate surface area is 112 Å². The minimum Gasteiger partial charge on any atom is -0.472 e. The maximum absolute atomic E-state index is 12.0. The van der Waals surface area contributed by atoms with Gasteiger partial charge in [-0.3, -0.25) is 0 Å². The normalized spacial score (nSPS) is 11.9. The zero-order chi connectivity index (χ0) is 13.2. The third-order valence-corrected chi connectivity index (χ3v) is 4.46. The number of aliphatic hydroxyl groups excluding tert-OH is 1. The topological polar surface area (TPSA) is 92.7 Å². The largest absolute Gasteiger partial charge is 0.472 e. The lowest BCUT2D eigenvalue weighted by molar-refractivity contribution is 0.245. The van der Waals surface area contributed by atoms with Crippen molar-refractivity contribution in [1.29, 1.82) is 0 Å². The van der Waals surface area contributed by atoms with Crippen molar-refractivity contribution in [3.05, 3.63) is 40.7 Å². The summed E-state index contributed by atoms with van der Waals surface area (Å²) >= 11 is 3.00. The Morgan fingerprint density at radius 1 is 1.44 bits per heavy atom. The van der Waals surface area contributed by atoms with E-state index in [2.05, 4.69) is 20.7 Å². The van der Waals surface area contributed by atoms with Gasteiger partial charge in [-0.1, -0.05) is 0 Å². The minimum absolute atomic E-state index is 0.0463. The Morgan fingerprint density at radius 3 is 2.78 bits per heavy atom. The first-order chi connectivity index (χ1) is 8.53. The molecular formula is C10H10BrNO5S. The standard InChI is InChI=1S/C10H10BrNO5S/c11-10-9(3-8(5-13)17-10)18(14,15)12-4-7-1-2-16-6-7/h1-3,6,12-13H,4-5H2. The molecule has 98 valence electrons. The second-order valence-corrected chi connectivity index (χ2v) is 5.92. The second kappa shape index (κ2) is 5.27. The molecule has 0 unspecified atom stereocenters. The van der Waals surface area contributed by atoms with E-state index in [1.54, 1.807) is 6.07 Å². The monoisotopic (exact) mass is 335 g/mol. The summed E-state index contributed by atoms with van der Waals surface area (Å²) in [6.07, 6.45) is 2.91. The smallest absolute Gasteiger partial charge is 0.245 e. The maximum atomic E-state index is 12.0. The van der Waals surface area contributed by atoms with Crippen molar-refractivity contribution in [2.24, 2.45) is 0 Å². The molecule has 0 aliphatic carbocycles. The molecule has 0 amide bonds. The highest BCUT2D eigenvalue weighted by Crippen LogP contribution is 2.26. The van der Waals surface area contributed by atoms with Crippen LogP contribution in [0.3, 0.4) is 0 Å². The van der Waals surface area contributed by atoms with Gasteiger partial charge >= 0.3 is 0 Å². The molecule has 0 aromatic carbocycles. The summed E-state index contributed by atoms with van der Waals surface area (Å²) in [4.78, 5) is -0.0463. The second-order valence-electron chi connectivity index (χ2n) is 3.46. The highest BCUT2D eigenvalue weighted by atomic mass is 79.9. The lowest BCUT2D eigenvalue weighted by Gasteiger charge is -2.02. The van der Waals surface area contributed by atoms with E-state index in [0.717, 1.165) is 0 Å². The van der Waals surface area contributed by atoms with Gasteiger partial charge in [-0.2, -0.15) is 0 Å². The van der Waals surface area contributed by atoms with Crippen LogP contribution in [0.5, 0.6) is 0 Å². The van der Waals surface area contributed by atoms with E-state index in [1.807, 2.05) is 0 Å². The molecule has 2 rings (SSSR count). The fourth-order valence-corrected chi connectivity index (χ4v) is 3.32. The molecular weight excluding hydrogens is 326 g/mol. The summed E-state index contributed by atoms with van der Waals surface area (Å²) in [5.74, 6) is 0.172. The SMILES string of the molecule is O=S(=O)(NCc1ccoc1)c1cc(CO)oc1Br. The van der Waals surface area contributed by atoms with Gasteiger partial charge in [0.1, 0.15) is 17.3 Å². The van der Waals surface area contributed by atoms with Gasteiger partial charge in [0.2, 0.25) is 10.0 Å². The molecule has 8 heteroatoms. The lowest BCUT2D eigenvalue weighted by Crippen LogP contribution is -2.22. The number of nitrogens with one attached hydrogen (secondary N) is 1. The highest BCUT2D eigenvalue weighted by Gasteiger charge is 2.22. The molecule has 2 aromatic rings. The van der Waals surface area contributed by atoms with Crippen molar-refractivity contribution in [1.82, 2.24) is 4.72 Å². The van der Waals surface area contributed by atoms with Crippen LogP contribution in [-0.4, -0.2) is 13.5 Å². The number of hydrogen-bond donors (Lipinski definition) is 2.